The van der Waals surface area contributed by atoms with Gasteiger partial charge in [-0.1, -0.05) is 170 Å². The Morgan fingerprint density at radius 2 is 0.694 bits per heavy atom. The second-order valence-corrected chi connectivity index (χ2v) is 15.3. The Hall–Kier alpha value is -8.55. The van der Waals surface area contributed by atoms with E-state index in [4.69, 9.17) is 24.9 Å². The summed E-state index contributed by atoms with van der Waals surface area (Å²) in [5.74, 6) is 2.46. The predicted octanol–water partition coefficient (Wildman–Crippen LogP) is 13.2. The zero-order chi connectivity index (χ0) is 41.0. The Bertz CT molecular complexity index is 3500. The lowest BCUT2D eigenvalue weighted by molar-refractivity contribution is 0.953. The lowest BCUT2D eigenvalue weighted by Crippen LogP contribution is -2.06. The van der Waals surface area contributed by atoms with Crippen LogP contribution in [-0.4, -0.2) is 34.1 Å². The van der Waals surface area contributed by atoms with Crippen molar-refractivity contribution < 1.29 is 0 Å². The fourth-order valence-corrected chi connectivity index (χ4v) is 8.78. The first kappa shape index (κ1) is 35.4. The Morgan fingerprint density at radius 3 is 1.23 bits per heavy atom. The molecule has 0 aliphatic heterocycles. The molecule has 0 spiro atoms. The molecule has 0 aliphatic carbocycles. The first-order valence-corrected chi connectivity index (χ1v) is 20.7. The van der Waals surface area contributed by atoms with E-state index < -0.39 is 0 Å². The van der Waals surface area contributed by atoms with Crippen LogP contribution in [0.3, 0.4) is 0 Å². The topological polar surface area (TPSA) is 74.3 Å². The van der Waals surface area contributed by atoms with Gasteiger partial charge in [-0.2, -0.15) is 9.97 Å². The zero-order valence-electron chi connectivity index (χ0n) is 33.3. The quantitative estimate of drug-likeness (QED) is 0.161. The SMILES string of the molecule is c1ccc(-c2cc(-c3ccccc3)nc(-c3cccc(-n4c5ccccc5c5c6c7ccccc7n(-c7nc(-c8ccccc8)nc(-c8ccccc8)n7)c6ccc54)c3)n2)cc1. The van der Waals surface area contributed by atoms with Gasteiger partial charge in [-0.15, -0.1) is 0 Å². The molecule has 4 aromatic heterocycles. The van der Waals surface area contributed by atoms with Gasteiger partial charge in [0.1, 0.15) is 0 Å². The molecule has 62 heavy (non-hydrogen) atoms. The highest BCUT2D eigenvalue weighted by atomic mass is 15.2. The summed E-state index contributed by atoms with van der Waals surface area (Å²) in [5.41, 5.74) is 11.9. The number of benzene rings is 8. The molecule has 0 N–H and O–H groups in total. The van der Waals surface area contributed by atoms with Crippen LogP contribution in [0.1, 0.15) is 0 Å². The van der Waals surface area contributed by atoms with Crippen molar-refractivity contribution in [3.8, 4) is 68.3 Å². The molecule has 12 rings (SSSR count). The molecule has 0 unspecified atom stereocenters. The maximum absolute atomic E-state index is 5.18. The zero-order valence-corrected chi connectivity index (χ0v) is 33.3. The highest BCUT2D eigenvalue weighted by Crippen LogP contribution is 2.42. The lowest BCUT2D eigenvalue weighted by atomic mass is 10.1. The highest BCUT2D eigenvalue weighted by molar-refractivity contribution is 6.28. The van der Waals surface area contributed by atoms with Gasteiger partial charge in [0.05, 0.1) is 33.5 Å². The average Bonchev–Trinajstić information content (AvgIpc) is 3.88. The number of fused-ring (bicyclic) bond motifs is 7. The molecular formula is C55H35N7. The smallest absolute Gasteiger partial charge is 0.238 e. The summed E-state index contributed by atoms with van der Waals surface area (Å²) in [6.07, 6.45) is 0. The molecule has 0 bridgehead atoms. The van der Waals surface area contributed by atoms with E-state index in [9.17, 15) is 0 Å². The van der Waals surface area contributed by atoms with Gasteiger partial charge in [0, 0.05) is 55.0 Å². The summed E-state index contributed by atoms with van der Waals surface area (Å²) in [5, 5.41) is 4.57. The molecular weight excluding hydrogens is 759 g/mol. The summed E-state index contributed by atoms with van der Waals surface area (Å²) in [6.45, 7) is 0. The van der Waals surface area contributed by atoms with Crippen molar-refractivity contribution in [2.24, 2.45) is 0 Å². The van der Waals surface area contributed by atoms with Gasteiger partial charge >= 0.3 is 0 Å². The van der Waals surface area contributed by atoms with Crippen LogP contribution in [0.5, 0.6) is 0 Å². The molecule has 0 saturated heterocycles. The van der Waals surface area contributed by atoms with Crippen LogP contribution in [0.15, 0.2) is 212 Å². The molecule has 0 saturated carbocycles. The number of hydrogen-bond donors (Lipinski definition) is 0. The molecule has 0 atom stereocenters. The number of aromatic nitrogens is 7. The van der Waals surface area contributed by atoms with E-state index in [0.29, 0.717) is 23.4 Å². The molecule has 0 radical (unpaired) electrons. The third-order valence-electron chi connectivity index (χ3n) is 11.6. The molecule has 4 heterocycles. The summed E-state index contributed by atoms with van der Waals surface area (Å²) < 4.78 is 4.56. The van der Waals surface area contributed by atoms with E-state index >= 15 is 0 Å². The second kappa shape index (κ2) is 14.6. The van der Waals surface area contributed by atoms with Crippen molar-refractivity contribution in [1.82, 2.24) is 34.1 Å². The molecule has 12 aromatic rings. The van der Waals surface area contributed by atoms with Gasteiger partial charge in [0.2, 0.25) is 5.95 Å². The molecule has 7 heteroatoms. The Morgan fingerprint density at radius 1 is 0.274 bits per heavy atom. The summed E-state index contributed by atoms with van der Waals surface area (Å²) in [4.78, 5) is 25.7. The van der Waals surface area contributed by atoms with Gasteiger partial charge in [-0.05, 0) is 42.5 Å². The lowest BCUT2D eigenvalue weighted by Gasteiger charge is -2.12. The van der Waals surface area contributed by atoms with Crippen LogP contribution in [0.2, 0.25) is 0 Å². The van der Waals surface area contributed by atoms with Crippen LogP contribution >= 0.6 is 0 Å². The van der Waals surface area contributed by atoms with Crippen molar-refractivity contribution in [3.05, 3.63) is 212 Å². The number of hydrogen-bond acceptors (Lipinski definition) is 5. The fraction of sp³-hybridized carbons (Fsp3) is 0. The van der Waals surface area contributed by atoms with Crippen LogP contribution < -0.4 is 0 Å². The first-order chi connectivity index (χ1) is 30.7. The van der Waals surface area contributed by atoms with E-state index in [2.05, 4.69) is 124 Å². The third kappa shape index (κ3) is 5.94. The molecule has 0 aliphatic rings. The summed E-state index contributed by atoms with van der Waals surface area (Å²) in [6, 6.07) is 73.2. The number of nitrogens with zero attached hydrogens (tertiary/aromatic N) is 7. The van der Waals surface area contributed by atoms with Crippen LogP contribution in [0.4, 0.5) is 0 Å². The fourth-order valence-electron chi connectivity index (χ4n) is 8.78. The van der Waals surface area contributed by atoms with Crippen molar-refractivity contribution in [1.29, 1.82) is 0 Å². The minimum Gasteiger partial charge on any atom is -0.309 e. The standard InChI is InChI=1S/C55H35N7/c1-5-18-36(19-6-1)44-35-45(37-20-7-2-8-21-37)57-54(56-44)40-26-17-27-41(34-40)61-46-30-15-13-28-42(46)50-48(61)32-33-49-51(50)43-29-14-16-31-47(43)62(49)55-59-52(38-22-9-3-10-23-38)58-53(60-55)39-24-11-4-12-25-39/h1-35H. The van der Waals surface area contributed by atoms with Crippen molar-refractivity contribution >= 4 is 43.6 Å². The van der Waals surface area contributed by atoms with Gasteiger partial charge in [0.25, 0.3) is 0 Å². The molecule has 290 valence electrons. The third-order valence-corrected chi connectivity index (χ3v) is 11.6. The van der Waals surface area contributed by atoms with E-state index in [1.54, 1.807) is 0 Å². The van der Waals surface area contributed by atoms with Crippen molar-refractivity contribution in [3.63, 3.8) is 0 Å². The van der Waals surface area contributed by atoms with Gasteiger partial charge < -0.3 is 4.57 Å². The average molecular weight is 794 g/mol. The number of para-hydroxylation sites is 2. The van der Waals surface area contributed by atoms with Gasteiger partial charge in [-0.3, -0.25) is 4.57 Å². The van der Waals surface area contributed by atoms with E-state index in [1.165, 1.54) is 0 Å². The molecule has 0 amide bonds. The van der Waals surface area contributed by atoms with Crippen LogP contribution in [0.25, 0.3) is 112 Å². The maximum atomic E-state index is 5.18. The predicted molar refractivity (Wildman–Crippen MR) is 251 cm³/mol. The summed E-state index contributed by atoms with van der Waals surface area (Å²) in [7, 11) is 0. The minimum absolute atomic E-state index is 0.562. The Kier molecular flexibility index (Phi) is 8.35. The molecule has 7 nitrogen and oxygen atoms in total. The normalized spacial score (nSPS) is 11.5. The van der Waals surface area contributed by atoms with Crippen LogP contribution in [0, 0.1) is 0 Å². The van der Waals surface area contributed by atoms with E-state index in [0.717, 1.165) is 88.5 Å². The van der Waals surface area contributed by atoms with Crippen LogP contribution in [-0.2, 0) is 0 Å². The van der Waals surface area contributed by atoms with Gasteiger partial charge in [0.15, 0.2) is 17.5 Å². The Balaban J connectivity index is 1.08. The minimum atomic E-state index is 0.562. The second-order valence-electron chi connectivity index (χ2n) is 15.3. The number of rotatable bonds is 7. The van der Waals surface area contributed by atoms with E-state index in [1.807, 2.05) is 97.1 Å². The maximum Gasteiger partial charge on any atom is 0.238 e. The monoisotopic (exact) mass is 793 g/mol. The van der Waals surface area contributed by atoms with E-state index in [-0.39, 0.29) is 0 Å². The highest BCUT2D eigenvalue weighted by Gasteiger charge is 2.23. The Labute approximate surface area is 356 Å². The van der Waals surface area contributed by atoms with Gasteiger partial charge in [-0.25, -0.2) is 15.0 Å². The first-order valence-electron chi connectivity index (χ1n) is 20.7. The molecule has 0 fully saturated rings. The largest absolute Gasteiger partial charge is 0.309 e. The van der Waals surface area contributed by atoms with Crippen molar-refractivity contribution in [2.45, 2.75) is 0 Å². The summed E-state index contributed by atoms with van der Waals surface area (Å²) >= 11 is 0. The molecule has 8 aromatic carbocycles. The van der Waals surface area contributed by atoms with Crippen molar-refractivity contribution in [2.75, 3.05) is 0 Å².